The first kappa shape index (κ1) is 13.7. The predicted octanol–water partition coefficient (Wildman–Crippen LogP) is 1.94. The number of halogens is 1. The Morgan fingerprint density at radius 3 is 2.43 bits per heavy atom. The van der Waals surface area contributed by atoms with E-state index in [1.165, 1.54) is 0 Å². The number of alkyl halides is 1. The number of nitrogens with one attached hydrogen (secondary N) is 1. The summed E-state index contributed by atoms with van der Waals surface area (Å²) in [6, 6.07) is 0.0560. The van der Waals surface area contributed by atoms with Crippen LogP contribution < -0.4 is 5.32 Å². The quantitative estimate of drug-likeness (QED) is 0.721. The van der Waals surface area contributed by atoms with Crippen molar-refractivity contribution in [2.24, 2.45) is 0 Å². The van der Waals surface area contributed by atoms with Crippen LogP contribution in [-0.4, -0.2) is 30.0 Å². The summed E-state index contributed by atoms with van der Waals surface area (Å²) in [5.41, 5.74) is -0.168. The number of ether oxygens (including phenoxy) is 1. The molecule has 1 atom stereocenters. The van der Waals surface area contributed by atoms with Gasteiger partial charge >= 0.3 is 0 Å². The molecule has 1 N–H and O–H groups in total. The summed E-state index contributed by atoms with van der Waals surface area (Å²) in [5, 5.41) is 2.79. The highest BCUT2D eigenvalue weighted by atomic mass is 35.5. The summed E-state index contributed by atoms with van der Waals surface area (Å²) in [7, 11) is 0. The minimum Gasteiger partial charge on any atom is -0.374 e. The average Bonchev–Trinajstić information content (AvgIpc) is 2.10. The zero-order valence-electron chi connectivity index (χ0n) is 9.39. The third kappa shape index (κ3) is 7.15. The van der Waals surface area contributed by atoms with Gasteiger partial charge in [-0.25, -0.2) is 0 Å². The van der Waals surface area contributed by atoms with E-state index >= 15 is 0 Å². The molecule has 3 nitrogen and oxygen atoms in total. The number of amides is 1. The van der Waals surface area contributed by atoms with Crippen molar-refractivity contribution < 1.29 is 9.53 Å². The number of carbonyl (C=O) groups is 1. The van der Waals surface area contributed by atoms with Crippen molar-refractivity contribution in [2.75, 3.05) is 12.5 Å². The van der Waals surface area contributed by atoms with Crippen LogP contribution in [0.3, 0.4) is 0 Å². The molecule has 0 saturated carbocycles. The lowest BCUT2D eigenvalue weighted by Crippen LogP contribution is -2.40. The summed E-state index contributed by atoms with van der Waals surface area (Å²) >= 11 is 5.39. The van der Waals surface area contributed by atoms with Gasteiger partial charge in [-0.3, -0.25) is 4.79 Å². The van der Waals surface area contributed by atoms with Crippen LogP contribution in [0.2, 0.25) is 0 Å². The third-order valence-electron chi connectivity index (χ3n) is 1.70. The minimum absolute atomic E-state index is 0.00597. The van der Waals surface area contributed by atoms with Gasteiger partial charge in [0, 0.05) is 0 Å². The Hall–Kier alpha value is -0.280. The van der Waals surface area contributed by atoms with Gasteiger partial charge in [0.2, 0.25) is 5.91 Å². The number of hydrogen-bond acceptors (Lipinski definition) is 2. The van der Waals surface area contributed by atoms with Crippen molar-refractivity contribution in [3.8, 4) is 0 Å². The first-order chi connectivity index (χ1) is 6.39. The molecule has 0 rings (SSSR count). The highest BCUT2D eigenvalue weighted by molar-refractivity contribution is 6.27. The molecule has 0 aromatic heterocycles. The standard InChI is InChI=1S/C10H20ClNO2/c1-5-8(12-9(13)6-11)7-14-10(2,3)4/h8H,5-7H2,1-4H3,(H,12,13)/t8-/m0/s1. The highest BCUT2D eigenvalue weighted by Crippen LogP contribution is 2.08. The van der Waals surface area contributed by atoms with Crippen molar-refractivity contribution in [3.63, 3.8) is 0 Å². The van der Waals surface area contributed by atoms with Crippen molar-refractivity contribution in [1.82, 2.24) is 5.32 Å². The van der Waals surface area contributed by atoms with Gasteiger partial charge in [-0.1, -0.05) is 6.92 Å². The maximum atomic E-state index is 11.0. The molecule has 4 heteroatoms. The van der Waals surface area contributed by atoms with Gasteiger partial charge in [0.05, 0.1) is 18.2 Å². The van der Waals surface area contributed by atoms with Gasteiger partial charge in [-0.15, -0.1) is 11.6 Å². The lowest BCUT2D eigenvalue weighted by molar-refractivity contribution is -0.120. The molecule has 84 valence electrons. The van der Waals surface area contributed by atoms with E-state index in [2.05, 4.69) is 5.32 Å². The second-order valence-electron chi connectivity index (χ2n) is 4.23. The summed E-state index contributed by atoms with van der Waals surface area (Å²) in [6.45, 7) is 8.50. The second kappa shape index (κ2) is 6.25. The Morgan fingerprint density at radius 2 is 2.07 bits per heavy atom. The molecule has 1 amide bonds. The molecule has 0 radical (unpaired) electrons. The largest absolute Gasteiger partial charge is 0.374 e. The number of carbonyl (C=O) groups excluding carboxylic acids is 1. The Bertz CT molecular complexity index is 177. The molecular weight excluding hydrogens is 202 g/mol. The molecular formula is C10H20ClNO2. The molecule has 0 unspecified atom stereocenters. The first-order valence-corrected chi connectivity index (χ1v) is 5.41. The molecule has 0 aliphatic rings. The lowest BCUT2D eigenvalue weighted by atomic mass is 10.2. The van der Waals surface area contributed by atoms with Crippen molar-refractivity contribution >= 4 is 17.5 Å². The molecule has 0 bridgehead atoms. The summed E-state index contributed by atoms with van der Waals surface area (Å²) in [5.74, 6) is -0.137. The fraction of sp³-hybridized carbons (Fsp3) is 0.900. The van der Waals surface area contributed by atoms with E-state index < -0.39 is 0 Å². The van der Waals surface area contributed by atoms with Crippen molar-refractivity contribution in [2.45, 2.75) is 45.8 Å². The van der Waals surface area contributed by atoms with Crippen molar-refractivity contribution in [3.05, 3.63) is 0 Å². The minimum atomic E-state index is -0.168. The zero-order chi connectivity index (χ0) is 11.2. The molecule has 0 aliphatic carbocycles. The van der Waals surface area contributed by atoms with Gasteiger partial charge in [0.15, 0.2) is 0 Å². The van der Waals surface area contributed by atoms with E-state index in [-0.39, 0.29) is 23.4 Å². The van der Waals surface area contributed by atoms with E-state index in [9.17, 15) is 4.79 Å². The van der Waals surface area contributed by atoms with Crippen LogP contribution in [0.25, 0.3) is 0 Å². The van der Waals surface area contributed by atoms with Gasteiger partial charge in [-0.05, 0) is 27.2 Å². The maximum absolute atomic E-state index is 11.0. The molecule has 0 fully saturated rings. The normalized spacial score (nSPS) is 13.8. The van der Waals surface area contributed by atoms with Gasteiger partial charge in [0.25, 0.3) is 0 Å². The summed E-state index contributed by atoms with van der Waals surface area (Å²) < 4.78 is 5.57. The van der Waals surface area contributed by atoms with E-state index in [0.29, 0.717) is 6.61 Å². The average molecular weight is 222 g/mol. The Labute approximate surface area is 91.2 Å². The number of rotatable bonds is 5. The fourth-order valence-electron chi connectivity index (χ4n) is 0.878. The Kier molecular flexibility index (Phi) is 6.12. The summed E-state index contributed by atoms with van der Waals surface area (Å²) in [6.07, 6.45) is 0.846. The van der Waals surface area contributed by atoms with Crippen LogP contribution in [0, 0.1) is 0 Å². The van der Waals surface area contributed by atoms with Gasteiger partial charge in [0.1, 0.15) is 5.88 Å². The van der Waals surface area contributed by atoms with E-state index in [1.54, 1.807) is 0 Å². The SMILES string of the molecule is CC[C@@H](COC(C)(C)C)NC(=O)CCl. The molecule has 0 spiro atoms. The highest BCUT2D eigenvalue weighted by Gasteiger charge is 2.15. The van der Waals surface area contributed by atoms with Crippen molar-refractivity contribution in [1.29, 1.82) is 0 Å². The molecule has 0 heterocycles. The van der Waals surface area contributed by atoms with Crippen LogP contribution in [0.4, 0.5) is 0 Å². The van der Waals surface area contributed by atoms with E-state index in [4.69, 9.17) is 16.3 Å². The van der Waals surface area contributed by atoms with Gasteiger partial charge in [-0.2, -0.15) is 0 Å². The molecule has 0 aromatic carbocycles. The van der Waals surface area contributed by atoms with Crippen LogP contribution in [-0.2, 0) is 9.53 Å². The molecule has 0 saturated heterocycles. The van der Waals surface area contributed by atoms with Crippen LogP contribution >= 0.6 is 11.6 Å². The lowest BCUT2D eigenvalue weighted by Gasteiger charge is -2.24. The zero-order valence-corrected chi connectivity index (χ0v) is 10.1. The molecule has 14 heavy (non-hydrogen) atoms. The van der Waals surface area contributed by atoms with Crippen LogP contribution in [0.15, 0.2) is 0 Å². The molecule has 0 aliphatic heterocycles. The van der Waals surface area contributed by atoms with E-state index in [0.717, 1.165) is 6.42 Å². The van der Waals surface area contributed by atoms with Crippen LogP contribution in [0.1, 0.15) is 34.1 Å². The predicted molar refractivity (Wildman–Crippen MR) is 58.6 cm³/mol. The second-order valence-corrected chi connectivity index (χ2v) is 4.50. The van der Waals surface area contributed by atoms with E-state index in [1.807, 2.05) is 27.7 Å². The Morgan fingerprint density at radius 1 is 1.50 bits per heavy atom. The van der Waals surface area contributed by atoms with Gasteiger partial charge < -0.3 is 10.1 Å². The number of hydrogen-bond donors (Lipinski definition) is 1. The monoisotopic (exact) mass is 221 g/mol. The third-order valence-corrected chi connectivity index (χ3v) is 1.94. The Balaban J connectivity index is 3.86. The maximum Gasteiger partial charge on any atom is 0.235 e. The topological polar surface area (TPSA) is 38.3 Å². The summed E-state index contributed by atoms with van der Waals surface area (Å²) in [4.78, 5) is 11.0. The smallest absolute Gasteiger partial charge is 0.235 e. The first-order valence-electron chi connectivity index (χ1n) is 4.88. The molecule has 0 aromatic rings. The fourth-order valence-corrected chi connectivity index (χ4v) is 0.956. The van der Waals surface area contributed by atoms with Crippen LogP contribution in [0.5, 0.6) is 0 Å².